The van der Waals surface area contributed by atoms with Gasteiger partial charge in [-0.15, -0.1) is 5.10 Å². The molecule has 0 aliphatic carbocycles. The van der Waals surface area contributed by atoms with E-state index in [1.54, 1.807) is 16.6 Å². The van der Waals surface area contributed by atoms with E-state index < -0.39 is 0 Å². The molecule has 3 heterocycles. The summed E-state index contributed by atoms with van der Waals surface area (Å²) in [6.45, 7) is 2.45. The lowest BCUT2D eigenvalue weighted by atomic mass is 10.0. The Hall–Kier alpha value is -3.06. The number of aryl methyl sites for hydroxylation is 1. The van der Waals surface area contributed by atoms with Crippen LogP contribution in [0.15, 0.2) is 71.9 Å². The van der Waals surface area contributed by atoms with Gasteiger partial charge in [0.2, 0.25) is 5.88 Å². The first-order chi connectivity index (χ1) is 15.5. The Bertz CT molecular complexity index is 1320. The molecule has 0 amide bonds. The van der Waals surface area contributed by atoms with Crippen LogP contribution in [0.3, 0.4) is 0 Å². The Morgan fingerprint density at radius 3 is 2.88 bits per heavy atom. The molecule has 32 heavy (non-hydrogen) atoms. The number of amidine groups is 1. The van der Waals surface area contributed by atoms with Crippen LogP contribution in [0.4, 0.5) is 0 Å². The molecular formula is C24H20Cl2N4O2. The monoisotopic (exact) mass is 466 g/mol. The van der Waals surface area contributed by atoms with E-state index in [-0.39, 0.29) is 6.04 Å². The minimum atomic E-state index is -0.103. The zero-order valence-electron chi connectivity index (χ0n) is 17.3. The number of ether oxygens (including phenoxy) is 1. The predicted octanol–water partition coefficient (Wildman–Crippen LogP) is 5.63. The van der Waals surface area contributed by atoms with E-state index >= 15 is 0 Å². The van der Waals surface area contributed by atoms with Gasteiger partial charge in [-0.3, -0.25) is 9.83 Å². The van der Waals surface area contributed by atoms with Crippen molar-refractivity contribution >= 4 is 34.6 Å². The molecule has 0 fully saturated rings. The van der Waals surface area contributed by atoms with Crippen molar-refractivity contribution in [2.24, 2.45) is 4.99 Å². The lowest BCUT2D eigenvalue weighted by Gasteiger charge is -2.23. The molecule has 0 spiro atoms. The van der Waals surface area contributed by atoms with Gasteiger partial charge in [0.1, 0.15) is 5.75 Å². The van der Waals surface area contributed by atoms with Gasteiger partial charge < -0.3 is 4.74 Å². The van der Waals surface area contributed by atoms with Crippen LogP contribution in [-0.4, -0.2) is 28.1 Å². The third-order valence-electron chi connectivity index (χ3n) is 5.17. The summed E-state index contributed by atoms with van der Waals surface area (Å²) in [5.74, 6) is 1.52. The summed E-state index contributed by atoms with van der Waals surface area (Å²) in [6.07, 6.45) is 2.52. The molecule has 6 nitrogen and oxygen atoms in total. The van der Waals surface area contributed by atoms with E-state index in [1.807, 2.05) is 55.6 Å². The fourth-order valence-corrected chi connectivity index (χ4v) is 4.09. The fourth-order valence-electron chi connectivity index (χ4n) is 3.59. The number of fused-ring (bicyclic) bond motifs is 1. The van der Waals surface area contributed by atoms with Crippen molar-refractivity contribution in [1.82, 2.24) is 15.1 Å². The molecule has 5 rings (SSSR count). The lowest BCUT2D eigenvalue weighted by molar-refractivity contribution is 0.0623. The maximum Gasteiger partial charge on any atom is 0.248 e. The van der Waals surface area contributed by atoms with Crippen molar-refractivity contribution in [3.8, 4) is 11.6 Å². The first-order valence-electron chi connectivity index (χ1n) is 10.2. The molecule has 0 saturated carbocycles. The van der Waals surface area contributed by atoms with Crippen LogP contribution in [0.1, 0.15) is 16.7 Å². The van der Waals surface area contributed by atoms with E-state index in [0.29, 0.717) is 41.1 Å². The number of hydroxylamine groups is 1. The van der Waals surface area contributed by atoms with Gasteiger partial charge >= 0.3 is 0 Å². The number of rotatable bonds is 5. The van der Waals surface area contributed by atoms with Gasteiger partial charge in [0, 0.05) is 16.2 Å². The third-order valence-corrected chi connectivity index (χ3v) is 5.75. The molecule has 0 saturated heterocycles. The smallest absolute Gasteiger partial charge is 0.248 e. The van der Waals surface area contributed by atoms with E-state index in [4.69, 9.17) is 37.8 Å². The summed E-state index contributed by atoms with van der Waals surface area (Å²) >= 11 is 12.6. The molecule has 0 radical (unpaired) electrons. The Morgan fingerprint density at radius 1 is 1.12 bits per heavy atom. The summed E-state index contributed by atoms with van der Waals surface area (Å²) in [5.41, 5.74) is 6.69. The summed E-state index contributed by atoms with van der Waals surface area (Å²) in [7, 11) is 0. The number of nitrogens with one attached hydrogen (secondary N) is 1. The second kappa shape index (κ2) is 8.82. The van der Waals surface area contributed by atoms with Gasteiger partial charge in [-0.25, -0.2) is 10.00 Å². The van der Waals surface area contributed by atoms with E-state index in [1.165, 1.54) is 0 Å². The molecular weight excluding hydrogens is 447 g/mol. The maximum atomic E-state index is 6.43. The lowest BCUT2D eigenvalue weighted by Crippen LogP contribution is -2.37. The van der Waals surface area contributed by atoms with Crippen LogP contribution < -0.4 is 10.2 Å². The van der Waals surface area contributed by atoms with Crippen molar-refractivity contribution in [3.05, 3.63) is 93.6 Å². The molecule has 2 aromatic heterocycles. The number of benzene rings is 2. The number of halogens is 2. The molecule has 0 unspecified atom stereocenters. The Labute approximate surface area is 195 Å². The zero-order chi connectivity index (χ0) is 22.1. The average molecular weight is 467 g/mol. The number of hydrogen-bond acceptors (Lipinski definition) is 5. The quantitative estimate of drug-likeness (QED) is 0.413. The van der Waals surface area contributed by atoms with Crippen LogP contribution in [0.2, 0.25) is 10.0 Å². The fraction of sp³-hybridized carbons (Fsp3) is 0.167. The van der Waals surface area contributed by atoms with Crippen LogP contribution in [0.25, 0.3) is 5.52 Å². The average Bonchev–Trinajstić information content (AvgIpc) is 3.23. The van der Waals surface area contributed by atoms with Crippen molar-refractivity contribution in [2.45, 2.75) is 19.4 Å². The third kappa shape index (κ3) is 4.43. The number of nitrogens with zero attached hydrogens (tertiary/aromatic N) is 3. The molecule has 8 heteroatoms. The summed E-state index contributed by atoms with van der Waals surface area (Å²) in [5, 5.41) is 5.94. The maximum absolute atomic E-state index is 6.43. The van der Waals surface area contributed by atoms with Crippen LogP contribution >= 0.6 is 23.2 Å². The molecule has 0 bridgehead atoms. The van der Waals surface area contributed by atoms with E-state index in [9.17, 15) is 0 Å². The Kier molecular flexibility index (Phi) is 5.74. The highest BCUT2D eigenvalue weighted by Crippen LogP contribution is 2.28. The summed E-state index contributed by atoms with van der Waals surface area (Å²) < 4.78 is 7.84. The van der Waals surface area contributed by atoms with Gasteiger partial charge in [0.25, 0.3) is 0 Å². The second-order valence-electron chi connectivity index (χ2n) is 7.64. The van der Waals surface area contributed by atoms with Gasteiger partial charge in [-0.1, -0.05) is 41.4 Å². The van der Waals surface area contributed by atoms with Crippen molar-refractivity contribution in [1.29, 1.82) is 0 Å². The van der Waals surface area contributed by atoms with Crippen LogP contribution in [0.5, 0.6) is 11.6 Å². The highest BCUT2D eigenvalue weighted by Gasteiger charge is 2.22. The largest absolute Gasteiger partial charge is 0.437 e. The molecule has 162 valence electrons. The molecule has 1 aliphatic heterocycles. The minimum absolute atomic E-state index is 0.103. The van der Waals surface area contributed by atoms with Crippen molar-refractivity contribution in [3.63, 3.8) is 0 Å². The Balaban J connectivity index is 1.50. The van der Waals surface area contributed by atoms with Crippen molar-refractivity contribution in [2.75, 3.05) is 6.61 Å². The number of aromatic nitrogens is 2. The van der Waals surface area contributed by atoms with E-state index in [0.717, 1.165) is 21.7 Å². The van der Waals surface area contributed by atoms with Gasteiger partial charge in [0.15, 0.2) is 5.84 Å². The number of hydrogen-bond donors (Lipinski definition) is 1. The zero-order valence-corrected chi connectivity index (χ0v) is 18.8. The molecule has 1 aliphatic rings. The molecule has 2 aromatic carbocycles. The van der Waals surface area contributed by atoms with E-state index in [2.05, 4.69) is 16.6 Å². The van der Waals surface area contributed by atoms with Gasteiger partial charge in [-0.05, 0) is 66.9 Å². The minimum Gasteiger partial charge on any atom is -0.437 e. The molecule has 1 N–H and O–H groups in total. The highest BCUT2D eigenvalue weighted by atomic mass is 35.5. The van der Waals surface area contributed by atoms with Gasteiger partial charge in [0.05, 0.1) is 23.7 Å². The number of aliphatic imine (C=N–C) groups is 1. The van der Waals surface area contributed by atoms with Crippen LogP contribution in [-0.2, 0) is 11.3 Å². The Morgan fingerprint density at radius 2 is 2.03 bits per heavy atom. The SMILES string of the molecule is Cc1ccc(C[C@@H]2CONC(c3cc4cccn4nc3Oc3cccc(Cl)c3)=N2)c(Cl)c1. The van der Waals surface area contributed by atoms with Gasteiger partial charge in [-0.2, -0.15) is 0 Å². The van der Waals surface area contributed by atoms with Crippen molar-refractivity contribution < 1.29 is 9.57 Å². The molecule has 4 aromatic rings. The summed E-state index contributed by atoms with van der Waals surface area (Å²) in [6, 6.07) is 19.0. The first kappa shape index (κ1) is 20.8. The molecule has 1 atom stereocenters. The van der Waals surface area contributed by atoms with Crippen LogP contribution in [0, 0.1) is 6.92 Å². The summed E-state index contributed by atoms with van der Waals surface area (Å²) in [4.78, 5) is 10.6. The standard InChI is InChI=1S/C24H20Cl2N4O2/c1-15-7-8-16(22(26)10-15)11-18-14-31-29-23(27-18)21-13-19-5-3-9-30(19)28-24(21)32-20-6-2-4-17(25)12-20/h2-10,12-13,18H,11,14H2,1H3,(H,27,29)/t18-/m1/s1. The second-order valence-corrected chi connectivity index (χ2v) is 8.49. The normalized spacial score (nSPS) is 16.0. The topological polar surface area (TPSA) is 60.2 Å². The predicted molar refractivity (Wildman–Crippen MR) is 126 cm³/mol. The highest BCUT2D eigenvalue weighted by molar-refractivity contribution is 6.31. The first-order valence-corrected chi connectivity index (χ1v) is 10.9.